The van der Waals surface area contributed by atoms with Crippen molar-refractivity contribution in [1.82, 2.24) is 0 Å². The SMILES string of the molecule is CC(=O)Nc1ccc(NC(=O)c2ccc3c(c2Nc2ccc(NC(C)=O)cc2)C(=O)c2ccccc2C3=O)cc1. The number of nitrogens with one attached hydrogen (secondary N) is 4. The van der Waals surface area contributed by atoms with Gasteiger partial charge in [0, 0.05) is 53.3 Å². The van der Waals surface area contributed by atoms with E-state index in [-0.39, 0.29) is 51.3 Å². The zero-order chi connectivity index (χ0) is 28.4. The fourth-order valence-electron chi connectivity index (χ4n) is 4.53. The molecule has 0 fully saturated rings. The lowest BCUT2D eigenvalue weighted by atomic mass is 9.82. The van der Waals surface area contributed by atoms with Gasteiger partial charge in [0.2, 0.25) is 11.8 Å². The van der Waals surface area contributed by atoms with E-state index < -0.39 is 5.91 Å². The van der Waals surface area contributed by atoms with Crippen molar-refractivity contribution in [3.05, 3.63) is 113 Å². The molecule has 1 aliphatic rings. The quantitative estimate of drug-likeness (QED) is 0.232. The van der Waals surface area contributed by atoms with E-state index in [0.29, 0.717) is 28.3 Å². The van der Waals surface area contributed by atoms with Crippen LogP contribution in [-0.4, -0.2) is 29.3 Å². The van der Waals surface area contributed by atoms with E-state index >= 15 is 0 Å². The van der Waals surface area contributed by atoms with Crippen LogP contribution in [0.1, 0.15) is 56.0 Å². The molecule has 9 nitrogen and oxygen atoms in total. The zero-order valence-electron chi connectivity index (χ0n) is 21.6. The van der Waals surface area contributed by atoms with Gasteiger partial charge in [0.25, 0.3) is 5.91 Å². The van der Waals surface area contributed by atoms with Gasteiger partial charge in [0.1, 0.15) is 0 Å². The Morgan fingerprint density at radius 1 is 0.525 bits per heavy atom. The van der Waals surface area contributed by atoms with Crippen molar-refractivity contribution in [1.29, 1.82) is 0 Å². The van der Waals surface area contributed by atoms with Crippen LogP contribution in [0, 0.1) is 0 Å². The second kappa shape index (κ2) is 10.7. The van der Waals surface area contributed by atoms with Gasteiger partial charge in [-0.25, -0.2) is 0 Å². The number of hydrogen-bond donors (Lipinski definition) is 4. The molecular weight excluding hydrogens is 508 g/mol. The predicted molar refractivity (Wildman–Crippen MR) is 152 cm³/mol. The summed E-state index contributed by atoms with van der Waals surface area (Å²) in [7, 11) is 0. The molecule has 4 aromatic rings. The number of carbonyl (C=O) groups excluding carboxylic acids is 5. The normalized spacial score (nSPS) is 11.7. The minimum atomic E-state index is -0.508. The highest BCUT2D eigenvalue weighted by molar-refractivity contribution is 6.31. The molecule has 0 aliphatic heterocycles. The molecule has 1 aliphatic carbocycles. The second-order valence-corrected chi connectivity index (χ2v) is 9.21. The maximum Gasteiger partial charge on any atom is 0.257 e. The first-order valence-corrected chi connectivity index (χ1v) is 12.4. The van der Waals surface area contributed by atoms with Gasteiger partial charge in [-0.3, -0.25) is 24.0 Å². The largest absolute Gasteiger partial charge is 0.354 e. The topological polar surface area (TPSA) is 133 Å². The summed E-state index contributed by atoms with van der Waals surface area (Å²) in [5.74, 6) is -1.63. The molecule has 3 amide bonds. The predicted octanol–water partition coefficient (Wildman–Crippen LogP) is 5.37. The van der Waals surface area contributed by atoms with E-state index in [0.717, 1.165) is 0 Å². The maximum absolute atomic E-state index is 13.7. The number of benzene rings is 4. The second-order valence-electron chi connectivity index (χ2n) is 9.21. The van der Waals surface area contributed by atoms with Crippen LogP contribution in [0.2, 0.25) is 0 Å². The first-order valence-electron chi connectivity index (χ1n) is 12.4. The molecule has 198 valence electrons. The van der Waals surface area contributed by atoms with Crippen LogP contribution in [-0.2, 0) is 9.59 Å². The number of rotatable bonds is 6. The molecule has 4 N–H and O–H groups in total. The van der Waals surface area contributed by atoms with Crippen molar-refractivity contribution in [2.75, 3.05) is 21.3 Å². The van der Waals surface area contributed by atoms with E-state index in [1.165, 1.54) is 26.0 Å². The standard InChI is InChI=1S/C31H24N4O5/c1-17(36)32-19-7-11-21(12-8-19)34-28-26(31(40)35-22-13-9-20(10-14-22)33-18(2)37)16-15-25-27(28)30(39)24-6-4-3-5-23(24)29(25)38/h3-16,34H,1-2H3,(H,32,36)(H,33,37)(H,35,40). The van der Waals surface area contributed by atoms with Crippen LogP contribution in [0.4, 0.5) is 28.4 Å². The average Bonchev–Trinajstić information content (AvgIpc) is 2.93. The summed E-state index contributed by atoms with van der Waals surface area (Å²) in [6.45, 7) is 2.80. The molecule has 0 saturated heterocycles. The van der Waals surface area contributed by atoms with Gasteiger partial charge in [-0.1, -0.05) is 24.3 Å². The molecule has 9 heteroatoms. The molecule has 0 atom stereocenters. The van der Waals surface area contributed by atoms with Crippen LogP contribution in [0.25, 0.3) is 0 Å². The minimum Gasteiger partial charge on any atom is -0.354 e. The molecule has 0 radical (unpaired) electrons. The van der Waals surface area contributed by atoms with Gasteiger partial charge in [-0.15, -0.1) is 0 Å². The lowest BCUT2D eigenvalue weighted by Crippen LogP contribution is -2.24. The van der Waals surface area contributed by atoms with E-state index in [4.69, 9.17) is 0 Å². The molecule has 0 saturated carbocycles. The van der Waals surface area contributed by atoms with Crippen LogP contribution < -0.4 is 21.3 Å². The number of anilines is 5. The number of amides is 3. The molecule has 40 heavy (non-hydrogen) atoms. The molecular formula is C31H24N4O5. The summed E-state index contributed by atoms with van der Waals surface area (Å²) in [5.41, 5.74) is 3.35. The Morgan fingerprint density at radius 3 is 1.52 bits per heavy atom. The molecule has 0 unspecified atom stereocenters. The molecule has 0 heterocycles. The van der Waals surface area contributed by atoms with Crippen LogP contribution in [0.15, 0.2) is 84.9 Å². The van der Waals surface area contributed by atoms with E-state index in [2.05, 4.69) is 21.3 Å². The summed E-state index contributed by atoms with van der Waals surface area (Å²) in [5, 5.41) is 11.3. The van der Waals surface area contributed by atoms with Crippen molar-refractivity contribution in [2.24, 2.45) is 0 Å². The Kier molecular flexibility index (Phi) is 6.94. The van der Waals surface area contributed by atoms with Crippen molar-refractivity contribution < 1.29 is 24.0 Å². The van der Waals surface area contributed by atoms with Crippen LogP contribution in [0.3, 0.4) is 0 Å². The highest BCUT2D eigenvalue weighted by atomic mass is 16.2. The number of hydrogen-bond acceptors (Lipinski definition) is 6. The number of carbonyl (C=O) groups is 5. The van der Waals surface area contributed by atoms with E-state index in [1.807, 2.05) is 0 Å². The Bertz CT molecular complexity index is 1690. The monoisotopic (exact) mass is 532 g/mol. The lowest BCUT2D eigenvalue weighted by molar-refractivity contribution is -0.115. The van der Waals surface area contributed by atoms with Crippen molar-refractivity contribution in [3.8, 4) is 0 Å². The maximum atomic E-state index is 13.7. The van der Waals surface area contributed by atoms with E-state index in [1.54, 1.807) is 72.8 Å². The summed E-state index contributed by atoms with van der Waals surface area (Å²) < 4.78 is 0. The summed E-state index contributed by atoms with van der Waals surface area (Å²) in [6, 6.07) is 22.9. The minimum absolute atomic E-state index is 0.100. The lowest BCUT2D eigenvalue weighted by Gasteiger charge is -2.23. The third kappa shape index (κ3) is 5.21. The van der Waals surface area contributed by atoms with Gasteiger partial charge in [0.15, 0.2) is 11.6 Å². The van der Waals surface area contributed by atoms with E-state index in [9.17, 15) is 24.0 Å². The Labute approximate surface area is 229 Å². The Morgan fingerprint density at radius 2 is 1.00 bits per heavy atom. The van der Waals surface area contributed by atoms with Crippen LogP contribution >= 0.6 is 0 Å². The fourth-order valence-corrected chi connectivity index (χ4v) is 4.53. The smallest absolute Gasteiger partial charge is 0.257 e. The third-order valence-corrected chi connectivity index (χ3v) is 6.28. The number of ketones is 2. The van der Waals surface area contributed by atoms with Crippen molar-refractivity contribution >= 4 is 57.7 Å². The number of fused-ring (bicyclic) bond motifs is 2. The summed E-state index contributed by atoms with van der Waals surface area (Å²) >= 11 is 0. The molecule has 0 aromatic heterocycles. The Hall–Kier alpha value is -5.57. The summed E-state index contributed by atoms with van der Waals surface area (Å²) in [4.78, 5) is 63.2. The molecule has 0 spiro atoms. The third-order valence-electron chi connectivity index (χ3n) is 6.28. The van der Waals surface area contributed by atoms with Crippen LogP contribution in [0.5, 0.6) is 0 Å². The Balaban J connectivity index is 1.55. The first-order chi connectivity index (χ1) is 19.2. The van der Waals surface area contributed by atoms with Crippen molar-refractivity contribution in [3.63, 3.8) is 0 Å². The molecule has 4 aromatic carbocycles. The zero-order valence-corrected chi connectivity index (χ0v) is 21.6. The van der Waals surface area contributed by atoms with Gasteiger partial charge in [-0.2, -0.15) is 0 Å². The van der Waals surface area contributed by atoms with Crippen molar-refractivity contribution in [2.45, 2.75) is 13.8 Å². The average molecular weight is 533 g/mol. The molecule has 0 bridgehead atoms. The fraction of sp³-hybridized carbons (Fsp3) is 0.0645. The highest BCUT2D eigenvalue weighted by Gasteiger charge is 2.33. The summed E-state index contributed by atoms with van der Waals surface area (Å²) in [6.07, 6.45) is 0. The van der Waals surface area contributed by atoms with Gasteiger partial charge in [-0.05, 0) is 60.7 Å². The first kappa shape index (κ1) is 26.1. The van der Waals surface area contributed by atoms with Gasteiger partial charge >= 0.3 is 0 Å². The van der Waals surface area contributed by atoms with Gasteiger partial charge < -0.3 is 21.3 Å². The highest BCUT2D eigenvalue weighted by Crippen LogP contribution is 2.36. The molecule has 5 rings (SSSR count). The van der Waals surface area contributed by atoms with Gasteiger partial charge in [0.05, 0.1) is 16.8 Å².